The van der Waals surface area contributed by atoms with Crippen molar-refractivity contribution in [3.63, 3.8) is 0 Å². The van der Waals surface area contributed by atoms with E-state index >= 15 is 0 Å². The van der Waals surface area contributed by atoms with Crippen LogP contribution in [0.15, 0.2) is 24.3 Å². The lowest BCUT2D eigenvalue weighted by atomic mass is 9.67. The van der Waals surface area contributed by atoms with Crippen LogP contribution in [0.1, 0.15) is 44.2 Å². The molecule has 0 unspecified atom stereocenters. The molecule has 14 heavy (non-hydrogen) atoms. The molecule has 1 aliphatic carbocycles. The molecule has 0 N–H and O–H groups in total. The van der Waals surface area contributed by atoms with E-state index in [2.05, 4.69) is 38.1 Å². The van der Waals surface area contributed by atoms with Crippen molar-refractivity contribution in [1.29, 1.82) is 0 Å². The van der Waals surface area contributed by atoms with Gasteiger partial charge in [-0.3, -0.25) is 0 Å². The van der Waals surface area contributed by atoms with Crippen molar-refractivity contribution in [3.05, 3.63) is 35.4 Å². The third-order valence-electron chi connectivity index (χ3n) is 3.62. The summed E-state index contributed by atoms with van der Waals surface area (Å²) in [6, 6.07) is 9.17. The van der Waals surface area contributed by atoms with E-state index in [1.54, 1.807) is 0 Å². The van der Waals surface area contributed by atoms with Crippen LogP contribution in [0.3, 0.4) is 0 Å². The molecule has 0 aromatic heterocycles. The highest BCUT2D eigenvalue weighted by atomic mass is 14.4. The van der Waals surface area contributed by atoms with E-state index in [1.165, 1.54) is 36.8 Å². The third-order valence-corrected chi connectivity index (χ3v) is 3.62. The summed E-state index contributed by atoms with van der Waals surface area (Å²) in [7, 11) is 0. The second kappa shape index (κ2) is 3.76. The molecule has 1 aliphatic rings. The first kappa shape index (κ1) is 9.76. The molecule has 0 heteroatoms. The second-order valence-corrected chi connectivity index (χ2v) is 5.01. The Balaban J connectivity index is 2.02. The van der Waals surface area contributed by atoms with Crippen LogP contribution in [0.5, 0.6) is 0 Å². The lowest BCUT2D eigenvalue weighted by Gasteiger charge is -2.38. The van der Waals surface area contributed by atoms with Crippen molar-refractivity contribution in [2.45, 2.75) is 46.0 Å². The second-order valence-electron chi connectivity index (χ2n) is 5.01. The smallest absolute Gasteiger partial charge is 0.0225 e. The van der Waals surface area contributed by atoms with Gasteiger partial charge in [0.1, 0.15) is 0 Å². The van der Waals surface area contributed by atoms with Gasteiger partial charge in [0.15, 0.2) is 0 Å². The zero-order valence-corrected chi connectivity index (χ0v) is 9.34. The fourth-order valence-corrected chi connectivity index (χ4v) is 2.34. The predicted octanol–water partition coefficient (Wildman–Crippen LogP) is 3.98. The first-order chi connectivity index (χ1) is 6.72. The summed E-state index contributed by atoms with van der Waals surface area (Å²) in [5.74, 6) is 0. The Kier molecular flexibility index (Phi) is 2.62. The number of benzene rings is 1. The van der Waals surface area contributed by atoms with Crippen LogP contribution in [0.4, 0.5) is 0 Å². The standard InChI is InChI=1S/C14H20/c1-3-12-5-7-13(8-6-12)11-14(2)9-4-10-14/h5-8H,3-4,9-11H2,1-2H3. The maximum absolute atomic E-state index is 2.42. The zero-order chi connectivity index (χ0) is 10.0. The van der Waals surface area contributed by atoms with Crippen LogP contribution >= 0.6 is 0 Å². The number of aryl methyl sites for hydroxylation is 1. The summed E-state index contributed by atoms with van der Waals surface area (Å²) in [6.07, 6.45) is 6.70. The molecule has 1 aromatic rings. The molecule has 1 aromatic carbocycles. The number of hydrogen-bond donors (Lipinski definition) is 0. The highest BCUT2D eigenvalue weighted by Gasteiger charge is 2.31. The minimum absolute atomic E-state index is 0.619. The van der Waals surface area contributed by atoms with Gasteiger partial charge in [0, 0.05) is 0 Å². The van der Waals surface area contributed by atoms with Gasteiger partial charge < -0.3 is 0 Å². The van der Waals surface area contributed by atoms with E-state index in [4.69, 9.17) is 0 Å². The summed E-state index contributed by atoms with van der Waals surface area (Å²) in [5, 5.41) is 0. The Labute approximate surface area is 87.3 Å². The lowest BCUT2D eigenvalue weighted by Crippen LogP contribution is -2.27. The largest absolute Gasteiger partial charge is 0.0613 e. The molecule has 1 saturated carbocycles. The molecule has 1 fully saturated rings. The molecule has 2 rings (SSSR count). The van der Waals surface area contributed by atoms with Gasteiger partial charge in [0.2, 0.25) is 0 Å². The van der Waals surface area contributed by atoms with E-state index < -0.39 is 0 Å². The molecule has 0 nitrogen and oxygen atoms in total. The van der Waals surface area contributed by atoms with Crippen molar-refractivity contribution in [1.82, 2.24) is 0 Å². The molecule has 0 atom stereocenters. The molecule has 76 valence electrons. The Bertz CT molecular complexity index is 290. The Morgan fingerprint density at radius 1 is 1.07 bits per heavy atom. The van der Waals surface area contributed by atoms with Crippen LogP contribution in [-0.4, -0.2) is 0 Å². The van der Waals surface area contributed by atoms with E-state index in [9.17, 15) is 0 Å². The third kappa shape index (κ3) is 2.00. The van der Waals surface area contributed by atoms with Crippen LogP contribution in [-0.2, 0) is 12.8 Å². The highest BCUT2D eigenvalue weighted by molar-refractivity contribution is 5.23. The molecule has 0 aliphatic heterocycles. The van der Waals surface area contributed by atoms with Crippen molar-refractivity contribution < 1.29 is 0 Å². The van der Waals surface area contributed by atoms with E-state index in [0.29, 0.717) is 5.41 Å². The van der Waals surface area contributed by atoms with Crippen molar-refractivity contribution in [2.24, 2.45) is 5.41 Å². The van der Waals surface area contributed by atoms with Crippen LogP contribution < -0.4 is 0 Å². The zero-order valence-electron chi connectivity index (χ0n) is 9.34. The summed E-state index contributed by atoms with van der Waals surface area (Å²) in [6.45, 7) is 4.63. The molecule has 0 bridgehead atoms. The first-order valence-corrected chi connectivity index (χ1v) is 5.80. The van der Waals surface area contributed by atoms with Gasteiger partial charge in [-0.15, -0.1) is 0 Å². The maximum atomic E-state index is 2.42. The first-order valence-electron chi connectivity index (χ1n) is 5.80. The van der Waals surface area contributed by atoms with Crippen LogP contribution in [0.2, 0.25) is 0 Å². The van der Waals surface area contributed by atoms with Gasteiger partial charge in [0.25, 0.3) is 0 Å². The quantitative estimate of drug-likeness (QED) is 0.673. The minimum Gasteiger partial charge on any atom is -0.0613 e. The Morgan fingerprint density at radius 3 is 2.07 bits per heavy atom. The summed E-state index contributed by atoms with van der Waals surface area (Å²) < 4.78 is 0. The Morgan fingerprint density at radius 2 is 1.64 bits per heavy atom. The molecule has 0 spiro atoms. The predicted molar refractivity (Wildman–Crippen MR) is 61.5 cm³/mol. The van der Waals surface area contributed by atoms with Gasteiger partial charge in [-0.25, -0.2) is 0 Å². The average molecular weight is 188 g/mol. The van der Waals surface area contributed by atoms with Crippen molar-refractivity contribution in [2.75, 3.05) is 0 Å². The number of hydrogen-bond acceptors (Lipinski definition) is 0. The van der Waals surface area contributed by atoms with E-state index in [1.807, 2.05) is 0 Å². The summed E-state index contributed by atoms with van der Waals surface area (Å²) in [4.78, 5) is 0. The van der Waals surface area contributed by atoms with Crippen molar-refractivity contribution >= 4 is 0 Å². The van der Waals surface area contributed by atoms with E-state index in [0.717, 1.165) is 6.42 Å². The number of rotatable bonds is 3. The summed E-state index contributed by atoms with van der Waals surface area (Å²) >= 11 is 0. The lowest BCUT2D eigenvalue weighted by molar-refractivity contribution is 0.161. The van der Waals surface area contributed by atoms with Gasteiger partial charge in [-0.05, 0) is 42.2 Å². The fourth-order valence-electron chi connectivity index (χ4n) is 2.34. The minimum atomic E-state index is 0.619. The maximum Gasteiger partial charge on any atom is -0.0225 e. The van der Waals surface area contributed by atoms with Gasteiger partial charge >= 0.3 is 0 Å². The molecule has 0 radical (unpaired) electrons. The van der Waals surface area contributed by atoms with Crippen LogP contribution in [0, 0.1) is 5.41 Å². The molecule has 0 heterocycles. The van der Waals surface area contributed by atoms with Crippen molar-refractivity contribution in [3.8, 4) is 0 Å². The van der Waals surface area contributed by atoms with Crippen LogP contribution in [0.25, 0.3) is 0 Å². The Hall–Kier alpha value is -0.780. The van der Waals surface area contributed by atoms with Gasteiger partial charge in [-0.2, -0.15) is 0 Å². The highest BCUT2D eigenvalue weighted by Crippen LogP contribution is 2.42. The molecule has 0 saturated heterocycles. The van der Waals surface area contributed by atoms with Gasteiger partial charge in [0.05, 0.1) is 0 Å². The van der Waals surface area contributed by atoms with E-state index in [-0.39, 0.29) is 0 Å². The molecular weight excluding hydrogens is 168 g/mol. The monoisotopic (exact) mass is 188 g/mol. The molecular formula is C14H20. The average Bonchev–Trinajstić information content (AvgIpc) is 2.17. The SMILES string of the molecule is CCc1ccc(CC2(C)CCC2)cc1. The fraction of sp³-hybridized carbons (Fsp3) is 0.571. The normalized spacial score (nSPS) is 19.0. The molecule has 0 amide bonds. The topological polar surface area (TPSA) is 0 Å². The summed E-state index contributed by atoms with van der Waals surface area (Å²) in [5.41, 5.74) is 3.59. The van der Waals surface area contributed by atoms with Gasteiger partial charge in [-0.1, -0.05) is 44.5 Å².